The van der Waals surface area contributed by atoms with E-state index in [4.69, 9.17) is 0 Å². The summed E-state index contributed by atoms with van der Waals surface area (Å²) in [7, 11) is 0. The third kappa shape index (κ3) is 4.71. The van der Waals surface area contributed by atoms with Crippen molar-refractivity contribution in [1.29, 1.82) is 0 Å². The zero-order valence-electron chi connectivity index (χ0n) is 6.97. The van der Waals surface area contributed by atoms with E-state index in [0.29, 0.717) is 5.92 Å². The standard InChI is InChI=1S/C9H11.BrH.Zn/c1-8(2)9-6-4-3-5-7-9;;/h3-6,8H,1-2H3;1H;/q-1;;+2/p-1. The predicted octanol–water partition coefficient (Wildman–Crippen LogP) is 3.45. The van der Waals surface area contributed by atoms with Gasteiger partial charge in [-0.05, 0) is 5.92 Å². The molecule has 1 aromatic rings. The molecule has 0 fully saturated rings. The van der Waals surface area contributed by atoms with Gasteiger partial charge in [0.25, 0.3) is 0 Å². The molecule has 1 rings (SSSR count). The number of hydrogen-bond donors (Lipinski definition) is 0. The molecule has 0 amide bonds. The van der Waals surface area contributed by atoms with Crippen molar-refractivity contribution in [2.45, 2.75) is 19.8 Å². The summed E-state index contributed by atoms with van der Waals surface area (Å²) in [6, 6.07) is 11.3. The summed E-state index contributed by atoms with van der Waals surface area (Å²) in [5.74, 6) is 0.603. The Morgan fingerprint density at radius 3 is 2.27 bits per heavy atom. The molecule has 0 saturated carbocycles. The summed E-state index contributed by atoms with van der Waals surface area (Å²) < 4.78 is 0. The van der Waals surface area contributed by atoms with Crippen LogP contribution in [0.15, 0.2) is 24.3 Å². The van der Waals surface area contributed by atoms with Crippen molar-refractivity contribution < 1.29 is 16.3 Å². The van der Waals surface area contributed by atoms with Crippen LogP contribution in [-0.4, -0.2) is 0 Å². The molecule has 0 atom stereocenters. The number of benzene rings is 1. The van der Waals surface area contributed by atoms with E-state index in [1.807, 2.05) is 18.2 Å². The van der Waals surface area contributed by atoms with Gasteiger partial charge in [-0.25, -0.2) is 0 Å². The summed E-state index contributed by atoms with van der Waals surface area (Å²) in [5.41, 5.74) is 1.29. The average Bonchev–Trinajstić information content (AvgIpc) is 2.10. The van der Waals surface area contributed by atoms with Crippen LogP contribution < -0.4 is 0 Å². The maximum absolute atomic E-state index is 3.17. The SMILES string of the molecule is CC(C)c1[c-]cccc1.[Zn+][Br]. The molecule has 2 heteroatoms. The topological polar surface area (TPSA) is 0 Å². The van der Waals surface area contributed by atoms with Gasteiger partial charge in [0.1, 0.15) is 0 Å². The maximum atomic E-state index is 3.17. The first-order valence-corrected chi connectivity index (χ1v) is 10.5. The van der Waals surface area contributed by atoms with Gasteiger partial charge in [-0.3, -0.25) is 0 Å². The summed E-state index contributed by atoms with van der Waals surface area (Å²) in [5, 5.41) is 0. The Kier molecular flexibility index (Phi) is 7.20. The van der Waals surface area contributed by atoms with Crippen LogP contribution in [-0.2, 0) is 16.3 Å². The Morgan fingerprint density at radius 2 is 2.00 bits per heavy atom. The van der Waals surface area contributed by atoms with E-state index in [1.165, 1.54) is 21.9 Å². The second kappa shape index (κ2) is 7.00. The molecular weight excluding hydrogens is 253 g/mol. The second-order valence-electron chi connectivity index (χ2n) is 2.47. The van der Waals surface area contributed by atoms with Gasteiger partial charge >= 0.3 is 30.0 Å². The van der Waals surface area contributed by atoms with E-state index in [2.05, 4.69) is 39.6 Å². The van der Waals surface area contributed by atoms with E-state index < -0.39 is 0 Å². The molecule has 0 aromatic heterocycles. The number of halogens is 1. The molecule has 0 N–H and O–H groups in total. The molecule has 1 aromatic carbocycles. The van der Waals surface area contributed by atoms with E-state index in [1.54, 1.807) is 0 Å². The molecule has 0 aliphatic rings. The van der Waals surface area contributed by atoms with E-state index in [9.17, 15) is 0 Å². The third-order valence-electron chi connectivity index (χ3n) is 1.36. The van der Waals surface area contributed by atoms with Crippen molar-refractivity contribution in [3.63, 3.8) is 0 Å². The Morgan fingerprint density at radius 1 is 1.36 bits per heavy atom. The van der Waals surface area contributed by atoms with Crippen molar-refractivity contribution in [3.05, 3.63) is 35.9 Å². The van der Waals surface area contributed by atoms with E-state index in [-0.39, 0.29) is 0 Å². The van der Waals surface area contributed by atoms with Crippen LogP contribution in [0.1, 0.15) is 25.3 Å². The molecule has 0 radical (unpaired) electrons. The fourth-order valence-electron chi connectivity index (χ4n) is 0.766. The Balaban J connectivity index is 0.000000461. The first kappa shape index (κ1) is 11.3. The minimum atomic E-state index is 0.603. The van der Waals surface area contributed by atoms with Crippen LogP contribution in [0.4, 0.5) is 0 Å². The van der Waals surface area contributed by atoms with E-state index >= 15 is 0 Å². The fraction of sp³-hybridized carbons (Fsp3) is 0.333. The minimum absolute atomic E-state index is 0.603. The molecule has 0 saturated heterocycles. The molecule has 0 aliphatic heterocycles. The fourth-order valence-corrected chi connectivity index (χ4v) is 0.766. The summed E-state index contributed by atoms with van der Waals surface area (Å²) in [6.45, 7) is 4.34. The van der Waals surface area contributed by atoms with Crippen molar-refractivity contribution in [1.82, 2.24) is 0 Å². The van der Waals surface area contributed by atoms with Crippen LogP contribution >= 0.6 is 13.6 Å². The van der Waals surface area contributed by atoms with Gasteiger partial charge in [-0.2, -0.15) is 35.9 Å². The predicted molar refractivity (Wildman–Crippen MR) is 48.3 cm³/mol. The zero-order chi connectivity index (χ0) is 8.69. The molecule has 11 heavy (non-hydrogen) atoms. The number of rotatable bonds is 1. The first-order chi connectivity index (χ1) is 5.30. The Hall–Kier alpha value is 0.323. The van der Waals surface area contributed by atoms with Crippen LogP contribution in [0, 0.1) is 6.07 Å². The van der Waals surface area contributed by atoms with Crippen molar-refractivity contribution in [2.24, 2.45) is 0 Å². The van der Waals surface area contributed by atoms with Gasteiger partial charge in [0, 0.05) is 0 Å². The van der Waals surface area contributed by atoms with Gasteiger partial charge in [-0.15, -0.1) is 0 Å². The summed E-state index contributed by atoms with van der Waals surface area (Å²) in [4.78, 5) is 0. The molecule has 0 nitrogen and oxygen atoms in total. The molecule has 0 bridgehead atoms. The van der Waals surface area contributed by atoms with Crippen molar-refractivity contribution in [3.8, 4) is 0 Å². The van der Waals surface area contributed by atoms with Crippen LogP contribution in [0.5, 0.6) is 0 Å². The van der Waals surface area contributed by atoms with Gasteiger partial charge in [0.2, 0.25) is 0 Å². The van der Waals surface area contributed by atoms with Gasteiger partial charge < -0.3 is 0 Å². The Labute approximate surface area is 85.4 Å². The molecule has 0 heterocycles. The monoisotopic (exact) mass is 262 g/mol. The van der Waals surface area contributed by atoms with Crippen LogP contribution in [0.3, 0.4) is 0 Å². The van der Waals surface area contributed by atoms with Gasteiger partial charge in [-0.1, -0.05) is 13.8 Å². The van der Waals surface area contributed by atoms with Gasteiger partial charge in [0.05, 0.1) is 0 Å². The Bertz CT molecular complexity index is 172. The summed E-state index contributed by atoms with van der Waals surface area (Å²) >= 11 is 4.25. The molecule has 0 unspecified atom stereocenters. The normalized spacial score (nSPS) is 8.91. The van der Waals surface area contributed by atoms with Crippen LogP contribution in [0.25, 0.3) is 0 Å². The molecule has 56 valence electrons. The first-order valence-electron chi connectivity index (χ1n) is 3.54. The van der Waals surface area contributed by atoms with E-state index in [0.717, 1.165) is 0 Å². The zero-order valence-corrected chi connectivity index (χ0v) is 11.5. The van der Waals surface area contributed by atoms with Gasteiger partial charge in [0.15, 0.2) is 0 Å². The van der Waals surface area contributed by atoms with Crippen molar-refractivity contribution in [2.75, 3.05) is 0 Å². The van der Waals surface area contributed by atoms with Crippen LogP contribution in [0.2, 0.25) is 0 Å². The molecule has 0 aliphatic carbocycles. The quantitative estimate of drug-likeness (QED) is 0.538. The molecular formula is C9H11BrZn. The molecule has 0 spiro atoms. The second-order valence-corrected chi connectivity index (χ2v) is 2.47. The third-order valence-corrected chi connectivity index (χ3v) is 1.36. The van der Waals surface area contributed by atoms with Crippen molar-refractivity contribution >= 4 is 13.6 Å². The summed E-state index contributed by atoms with van der Waals surface area (Å²) in [6.07, 6.45) is 0. The average molecular weight is 264 g/mol. The number of hydrogen-bond acceptors (Lipinski definition) is 0.